The van der Waals surface area contributed by atoms with E-state index >= 15 is 0 Å². The van der Waals surface area contributed by atoms with Gasteiger partial charge in [0.1, 0.15) is 5.39 Å². The largest absolute Gasteiger partial charge is 0.372 e. The van der Waals surface area contributed by atoms with E-state index in [0.29, 0.717) is 29.3 Å². The minimum Gasteiger partial charge on any atom is -0.372 e. The molecule has 1 amide bonds. The first kappa shape index (κ1) is 19.7. The molecule has 2 unspecified atom stereocenters. The van der Waals surface area contributed by atoms with Crippen LogP contribution >= 0.6 is 11.8 Å². The van der Waals surface area contributed by atoms with Gasteiger partial charge >= 0.3 is 0 Å². The van der Waals surface area contributed by atoms with Gasteiger partial charge < -0.3 is 14.6 Å². The zero-order valence-corrected chi connectivity index (χ0v) is 17.4. The maximum Gasteiger partial charge on any atom is 0.262 e. The third-order valence-electron chi connectivity index (χ3n) is 4.77. The summed E-state index contributed by atoms with van der Waals surface area (Å²) in [6.45, 7) is 7.07. The van der Waals surface area contributed by atoms with Gasteiger partial charge in [-0.15, -0.1) is 0 Å². The molecule has 1 aliphatic heterocycles. The first-order chi connectivity index (χ1) is 13.9. The summed E-state index contributed by atoms with van der Waals surface area (Å²) in [5.41, 5.74) is 2.13. The third-order valence-corrected chi connectivity index (χ3v) is 5.63. The Balaban J connectivity index is 1.56. The zero-order valence-electron chi connectivity index (χ0n) is 16.6. The summed E-state index contributed by atoms with van der Waals surface area (Å²) in [5.74, 6) is 0.207. The molecule has 2 aromatic heterocycles. The number of rotatable bonds is 4. The van der Waals surface area contributed by atoms with Crippen molar-refractivity contribution in [3.8, 4) is 5.69 Å². The fraction of sp³-hybridized carbons (Fsp3) is 0.400. The number of hydrogen-bond acceptors (Lipinski definition) is 6. The Kier molecular flexibility index (Phi) is 5.42. The molecule has 1 aliphatic rings. The molecule has 0 spiro atoms. The lowest BCUT2D eigenvalue weighted by molar-refractivity contribution is -0.140. The summed E-state index contributed by atoms with van der Waals surface area (Å²) in [5, 5.41) is 5.15. The lowest BCUT2D eigenvalue weighted by Gasteiger charge is -2.35. The Morgan fingerprint density at radius 3 is 2.79 bits per heavy atom. The molecule has 0 saturated carbocycles. The zero-order chi connectivity index (χ0) is 20.5. The predicted molar refractivity (Wildman–Crippen MR) is 112 cm³/mol. The molecule has 152 valence electrons. The highest BCUT2D eigenvalue weighted by Gasteiger charge is 2.26. The Morgan fingerprint density at radius 2 is 2.07 bits per heavy atom. The van der Waals surface area contributed by atoms with Crippen molar-refractivity contribution in [3.63, 3.8) is 0 Å². The van der Waals surface area contributed by atoms with E-state index in [9.17, 15) is 9.59 Å². The molecule has 3 aromatic rings. The summed E-state index contributed by atoms with van der Waals surface area (Å²) in [6, 6.07) is 7.82. The first-order valence-corrected chi connectivity index (χ1v) is 10.5. The Hall–Kier alpha value is -2.65. The van der Waals surface area contributed by atoms with Gasteiger partial charge in [0.15, 0.2) is 10.8 Å². The summed E-state index contributed by atoms with van der Waals surface area (Å²) in [4.78, 5) is 34.2. The van der Waals surface area contributed by atoms with Gasteiger partial charge in [-0.2, -0.15) is 5.10 Å². The van der Waals surface area contributed by atoms with E-state index in [-0.39, 0.29) is 29.4 Å². The number of nitrogens with one attached hydrogen (secondary N) is 1. The van der Waals surface area contributed by atoms with Crippen molar-refractivity contribution >= 4 is 28.7 Å². The number of aromatic nitrogens is 4. The van der Waals surface area contributed by atoms with Crippen molar-refractivity contribution in [2.24, 2.45) is 0 Å². The first-order valence-electron chi connectivity index (χ1n) is 9.52. The van der Waals surface area contributed by atoms with Gasteiger partial charge in [-0.25, -0.2) is 9.67 Å². The van der Waals surface area contributed by atoms with Crippen LogP contribution in [-0.4, -0.2) is 61.6 Å². The van der Waals surface area contributed by atoms with E-state index in [0.717, 1.165) is 11.3 Å². The van der Waals surface area contributed by atoms with E-state index in [1.165, 1.54) is 18.0 Å². The molecule has 8 nitrogen and oxygen atoms in total. The molecule has 29 heavy (non-hydrogen) atoms. The van der Waals surface area contributed by atoms with Crippen LogP contribution in [0.5, 0.6) is 0 Å². The molecular formula is C20H23N5O3S. The lowest BCUT2D eigenvalue weighted by atomic mass is 10.2. The summed E-state index contributed by atoms with van der Waals surface area (Å²) < 4.78 is 7.33. The van der Waals surface area contributed by atoms with Gasteiger partial charge in [0.25, 0.3) is 5.56 Å². The number of carbonyl (C=O) groups is 1. The van der Waals surface area contributed by atoms with Crippen molar-refractivity contribution in [3.05, 3.63) is 46.4 Å². The van der Waals surface area contributed by atoms with E-state index in [1.54, 1.807) is 9.58 Å². The fourth-order valence-corrected chi connectivity index (χ4v) is 4.28. The number of amides is 1. The number of hydrogen-bond donors (Lipinski definition) is 1. The van der Waals surface area contributed by atoms with Crippen LogP contribution in [0.3, 0.4) is 0 Å². The number of fused-ring (bicyclic) bond motifs is 1. The van der Waals surface area contributed by atoms with Gasteiger partial charge in [-0.3, -0.25) is 9.59 Å². The SMILES string of the molecule is Cc1cccc(-n2ncc3c(=O)[nH]c(SCC(=O)N4CC(C)OC(C)C4)nc32)c1. The molecule has 3 heterocycles. The second kappa shape index (κ2) is 8.00. The van der Waals surface area contributed by atoms with E-state index < -0.39 is 0 Å². The topological polar surface area (TPSA) is 93.1 Å². The average Bonchev–Trinajstić information content (AvgIpc) is 3.10. The Morgan fingerprint density at radius 1 is 1.31 bits per heavy atom. The van der Waals surface area contributed by atoms with Crippen LogP contribution in [0.2, 0.25) is 0 Å². The van der Waals surface area contributed by atoms with Gasteiger partial charge in [0.05, 0.1) is 29.8 Å². The molecule has 1 aromatic carbocycles. The highest BCUT2D eigenvalue weighted by atomic mass is 32.2. The number of aromatic amines is 1. The molecule has 0 radical (unpaired) electrons. The second-order valence-corrected chi connectivity index (χ2v) is 8.31. The van der Waals surface area contributed by atoms with Crippen LogP contribution in [0.4, 0.5) is 0 Å². The fourth-order valence-electron chi connectivity index (χ4n) is 3.52. The van der Waals surface area contributed by atoms with Crippen LogP contribution in [0.1, 0.15) is 19.4 Å². The van der Waals surface area contributed by atoms with Crippen molar-refractivity contribution in [1.29, 1.82) is 0 Å². The molecule has 0 bridgehead atoms. The quantitative estimate of drug-likeness (QED) is 0.520. The Labute approximate surface area is 172 Å². The summed E-state index contributed by atoms with van der Waals surface area (Å²) >= 11 is 1.22. The van der Waals surface area contributed by atoms with Gasteiger partial charge in [0, 0.05) is 13.1 Å². The molecule has 9 heteroatoms. The second-order valence-electron chi connectivity index (χ2n) is 7.35. The van der Waals surface area contributed by atoms with E-state index in [4.69, 9.17) is 4.74 Å². The maximum atomic E-state index is 12.6. The average molecular weight is 414 g/mol. The van der Waals surface area contributed by atoms with Crippen molar-refractivity contribution in [1.82, 2.24) is 24.6 Å². The van der Waals surface area contributed by atoms with Gasteiger partial charge in [0.2, 0.25) is 5.91 Å². The number of thioether (sulfide) groups is 1. The number of carbonyl (C=O) groups excluding carboxylic acids is 1. The van der Waals surface area contributed by atoms with E-state index in [2.05, 4.69) is 15.1 Å². The number of ether oxygens (including phenoxy) is 1. The van der Waals surface area contributed by atoms with E-state index in [1.807, 2.05) is 45.0 Å². The number of H-pyrrole nitrogens is 1. The number of nitrogens with zero attached hydrogens (tertiary/aromatic N) is 4. The molecule has 1 N–H and O–H groups in total. The molecule has 4 rings (SSSR count). The van der Waals surface area contributed by atoms with Crippen molar-refractivity contribution < 1.29 is 9.53 Å². The molecular weight excluding hydrogens is 390 g/mol. The minimum absolute atomic E-state index is 0.00642. The standard InChI is InChI=1S/C20H23N5O3S/c1-12-5-4-6-15(7-12)25-18-16(8-21-25)19(27)23-20(22-18)29-11-17(26)24-9-13(2)28-14(3)10-24/h4-8,13-14H,9-11H2,1-3H3,(H,22,23,27). The van der Waals surface area contributed by atoms with Crippen molar-refractivity contribution in [2.45, 2.75) is 38.1 Å². The van der Waals surface area contributed by atoms with Gasteiger partial charge in [-0.05, 0) is 38.5 Å². The van der Waals surface area contributed by atoms with Crippen molar-refractivity contribution in [2.75, 3.05) is 18.8 Å². The molecule has 0 aliphatic carbocycles. The van der Waals surface area contributed by atoms with Crippen LogP contribution in [0.15, 0.2) is 40.4 Å². The molecule has 1 fully saturated rings. The predicted octanol–water partition coefficient (Wildman–Crippen LogP) is 2.15. The number of morpholine rings is 1. The third kappa shape index (κ3) is 4.20. The minimum atomic E-state index is -0.266. The summed E-state index contributed by atoms with van der Waals surface area (Å²) in [6.07, 6.45) is 1.55. The summed E-state index contributed by atoms with van der Waals surface area (Å²) in [7, 11) is 0. The van der Waals surface area contributed by atoms with Crippen LogP contribution in [-0.2, 0) is 9.53 Å². The van der Waals surface area contributed by atoms with Crippen LogP contribution in [0.25, 0.3) is 16.7 Å². The number of aryl methyl sites for hydroxylation is 1. The molecule has 1 saturated heterocycles. The van der Waals surface area contributed by atoms with Crippen LogP contribution < -0.4 is 5.56 Å². The van der Waals surface area contributed by atoms with Gasteiger partial charge in [-0.1, -0.05) is 23.9 Å². The highest BCUT2D eigenvalue weighted by Crippen LogP contribution is 2.20. The van der Waals surface area contributed by atoms with Crippen LogP contribution in [0, 0.1) is 6.92 Å². The molecule has 2 atom stereocenters. The monoisotopic (exact) mass is 413 g/mol. The smallest absolute Gasteiger partial charge is 0.262 e. The lowest BCUT2D eigenvalue weighted by Crippen LogP contribution is -2.48. The number of benzene rings is 1. The maximum absolute atomic E-state index is 12.6. The normalized spacial score (nSPS) is 19.6. The Bertz CT molecular complexity index is 1100. The highest BCUT2D eigenvalue weighted by molar-refractivity contribution is 7.99.